The average Bonchev–Trinajstić information content (AvgIpc) is 2.57. The molecule has 0 aliphatic rings. The van der Waals surface area contributed by atoms with E-state index in [0.717, 1.165) is 5.56 Å². The van der Waals surface area contributed by atoms with Crippen molar-refractivity contribution in [2.45, 2.75) is 13.8 Å². The van der Waals surface area contributed by atoms with Gasteiger partial charge < -0.3 is 15.8 Å². The number of nitrogen functional groups attached to an aromatic ring is 1. The van der Waals surface area contributed by atoms with Gasteiger partial charge in [-0.25, -0.2) is 4.98 Å². The zero-order valence-electron chi connectivity index (χ0n) is 13.4. The Morgan fingerprint density at radius 2 is 1.83 bits per heavy atom. The number of benzene rings is 2. The smallest absolute Gasteiger partial charge is 0.248 e. The number of aromatic nitrogens is 2. The van der Waals surface area contributed by atoms with E-state index in [9.17, 15) is 0 Å². The lowest BCUT2D eigenvalue weighted by atomic mass is 10.1. The van der Waals surface area contributed by atoms with Crippen molar-refractivity contribution < 1.29 is 4.74 Å². The first-order valence-corrected chi connectivity index (χ1v) is 7.79. The van der Waals surface area contributed by atoms with Crippen LogP contribution in [0.2, 0.25) is 5.02 Å². The topological polar surface area (TPSA) is 73.1 Å². The third kappa shape index (κ3) is 3.41. The van der Waals surface area contributed by atoms with Crippen LogP contribution in [0.1, 0.15) is 11.1 Å². The number of nitrogens with two attached hydrogens (primary N) is 1. The fraction of sp³-hybridized carbons (Fsp3) is 0.111. The summed E-state index contributed by atoms with van der Waals surface area (Å²) in [6.07, 6.45) is 1.39. The number of hydrogen-bond acceptors (Lipinski definition) is 5. The molecule has 0 fully saturated rings. The Labute approximate surface area is 145 Å². The van der Waals surface area contributed by atoms with Gasteiger partial charge in [0.2, 0.25) is 5.88 Å². The summed E-state index contributed by atoms with van der Waals surface area (Å²) in [5.41, 5.74) is 9.49. The summed E-state index contributed by atoms with van der Waals surface area (Å²) in [6, 6.07) is 13.2. The van der Waals surface area contributed by atoms with Gasteiger partial charge in [-0.15, -0.1) is 0 Å². The van der Waals surface area contributed by atoms with Crippen molar-refractivity contribution in [2.75, 3.05) is 11.1 Å². The molecule has 3 rings (SSSR count). The number of rotatable bonds is 4. The minimum atomic E-state index is 0.294. The molecule has 1 aromatic heterocycles. The van der Waals surface area contributed by atoms with Crippen LogP contribution in [-0.2, 0) is 0 Å². The average molecular weight is 341 g/mol. The first-order valence-electron chi connectivity index (χ1n) is 7.41. The molecule has 0 amide bonds. The van der Waals surface area contributed by atoms with E-state index < -0.39 is 0 Å². The summed E-state index contributed by atoms with van der Waals surface area (Å²) in [5, 5.41) is 3.68. The minimum Gasteiger partial charge on any atom is -0.437 e. The van der Waals surface area contributed by atoms with Gasteiger partial charge in [0.25, 0.3) is 0 Å². The number of anilines is 3. The number of nitrogens with one attached hydrogen (secondary N) is 1. The van der Waals surface area contributed by atoms with Crippen molar-refractivity contribution in [3.63, 3.8) is 0 Å². The van der Waals surface area contributed by atoms with Gasteiger partial charge in [-0.2, -0.15) is 4.98 Å². The van der Waals surface area contributed by atoms with Crippen LogP contribution in [0, 0.1) is 13.8 Å². The summed E-state index contributed by atoms with van der Waals surface area (Å²) < 4.78 is 5.80. The third-order valence-corrected chi connectivity index (χ3v) is 4.00. The van der Waals surface area contributed by atoms with E-state index in [4.69, 9.17) is 22.1 Å². The van der Waals surface area contributed by atoms with Crippen LogP contribution in [0.15, 0.2) is 48.8 Å². The number of nitrogens with zero attached hydrogens (tertiary/aromatic N) is 2. The van der Waals surface area contributed by atoms with E-state index in [-0.39, 0.29) is 0 Å². The summed E-state index contributed by atoms with van der Waals surface area (Å²) in [7, 11) is 0. The maximum Gasteiger partial charge on any atom is 0.248 e. The van der Waals surface area contributed by atoms with E-state index in [2.05, 4.69) is 15.3 Å². The normalized spacial score (nSPS) is 10.5. The number of aryl methyl sites for hydroxylation is 2. The van der Waals surface area contributed by atoms with E-state index in [1.54, 1.807) is 6.07 Å². The molecule has 0 atom stereocenters. The molecule has 5 nitrogen and oxygen atoms in total. The van der Waals surface area contributed by atoms with E-state index >= 15 is 0 Å². The highest BCUT2D eigenvalue weighted by atomic mass is 35.5. The number of halogens is 1. The van der Waals surface area contributed by atoms with Crippen LogP contribution < -0.4 is 15.8 Å². The second-order valence-corrected chi connectivity index (χ2v) is 5.80. The molecule has 122 valence electrons. The maximum absolute atomic E-state index is 6.15. The molecule has 0 radical (unpaired) electrons. The van der Waals surface area contributed by atoms with Crippen LogP contribution in [0.3, 0.4) is 0 Å². The predicted octanol–water partition coefficient (Wildman–Crippen LogP) is 4.86. The number of para-hydroxylation sites is 1. The Kier molecular flexibility index (Phi) is 4.53. The summed E-state index contributed by atoms with van der Waals surface area (Å²) in [6.45, 7) is 4.07. The Balaban J connectivity index is 1.88. The molecule has 2 aromatic carbocycles. The second-order valence-electron chi connectivity index (χ2n) is 5.39. The molecule has 1 heterocycles. The van der Waals surface area contributed by atoms with E-state index in [0.29, 0.717) is 33.8 Å². The van der Waals surface area contributed by atoms with E-state index in [1.807, 2.05) is 50.2 Å². The van der Waals surface area contributed by atoms with Crippen molar-refractivity contribution in [1.82, 2.24) is 9.97 Å². The molecule has 0 aliphatic heterocycles. The highest BCUT2D eigenvalue weighted by molar-refractivity contribution is 6.33. The molecule has 3 aromatic rings. The van der Waals surface area contributed by atoms with Crippen LogP contribution in [0.4, 0.5) is 17.2 Å². The SMILES string of the molecule is Cc1ccc(Oc2ncnc(Nc3ccccc3Cl)c2N)cc1C. The summed E-state index contributed by atoms with van der Waals surface area (Å²) >= 11 is 6.15. The Morgan fingerprint density at radius 1 is 1.04 bits per heavy atom. The Bertz CT molecular complexity index is 883. The Morgan fingerprint density at radius 3 is 2.58 bits per heavy atom. The van der Waals surface area contributed by atoms with Gasteiger partial charge in [0.15, 0.2) is 5.82 Å². The highest BCUT2D eigenvalue weighted by Gasteiger charge is 2.12. The van der Waals surface area contributed by atoms with Gasteiger partial charge in [-0.3, -0.25) is 0 Å². The first kappa shape index (κ1) is 16.1. The number of ether oxygens (including phenoxy) is 1. The van der Waals surface area contributed by atoms with Gasteiger partial charge in [-0.05, 0) is 49.2 Å². The highest BCUT2D eigenvalue weighted by Crippen LogP contribution is 2.33. The molecule has 0 bridgehead atoms. The Hall–Kier alpha value is -2.79. The molecular weight excluding hydrogens is 324 g/mol. The van der Waals surface area contributed by atoms with Gasteiger partial charge >= 0.3 is 0 Å². The van der Waals surface area contributed by atoms with Crippen LogP contribution >= 0.6 is 11.6 Å². The van der Waals surface area contributed by atoms with Crippen molar-refractivity contribution in [3.05, 3.63) is 64.9 Å². The van der Waals surface area contributed by atoms with Crippen LogP contribution in [-0.4, -0.2) is 9.97 Å². The molecule has 0 saturated carbocycles. The molecule has 3 N–H and O–H groups in total. The third-order valence-electron chi connectivity index (χ3n) is 3.67. The lowest BCUT2D eigenvalue weighted by Crippen LogP contribution is -2.03. The van der Waals surface area contributed by atoms with Crippen LogP contribution in [0.25, 0.3) is 0 Å². The van der Waals surface area contributed by atoms with Crippen molar-refractivity contribution in [1.29, 1.82) is 0 Å². The fourth-order valence-electron chi connectivity index (χ4n) is 2.14. The summed E-state index contributed by atoms with van der Waals surface area (Å²) in [4.78, 5) is 8.28. The molecule has 6 heteroatoms. The van der Waals surface area contributed by atoms with Gasteiger partial charge in [0, 0.05) is 0 Å². The van der Waals surface area contributed by atoms with Crippen LogP contribution in [0.5, 0.6) is 11.6 Å². The predicted molar refractivity (Wildman–Crippen MR) is 97.2 cm³/mol. The quantitative estimate of drug-likeness (QED) is 0.709. The van der Waals surface area contributed by atoms with Crippen molar-refractivity contribution in [3.8, 4) is 11.6 Å². The zero-order chi connectivity index (χ0) is 17.1. The zero-order valence-corrected chi connectivity index (χ0v) is 14.1. The van der Waals surface area contributed by atoms with Crippen molar-refractivity contribution >= 4 is 28.8 Å². The fourth-order valence-corrected chi connectivity index (χ4v) is 2.32. The van der Waals surface area contributed by atoms with E-state index in [1.165, 1.54) is 11.9 Å². The molecular formula is C18H17ClN4O. The minimum absolute atomic E-state index is 0.294. The maximum atomic E-state index is 6.15. The summed E-state index contributed by atoms with van der Waals surface area (Å²) in [5.74, 6) is 1.41. The first-order chi connectivity index (χ1) is 11.5. The largest absolute Gasteiger partial charge is 0.437 e. The van der Waals surface area contributed by atoms with Gasteiger partial charge in [0.1, 0.15) is 17.8 Å². The lowest BCUT2D eigenvalue weighted by molar-refractivity contribution is 0.464. The molecule has 24 heavy (non-hydrogen) atoms. The molecule has 0 spiro atoms. The standard InChI is InChI=1S/C18H17ClN4O/c1-11-7-8-13(9-12(11)2)24-18-16(20)17(21-10-22-18)23-15-6-4-3-5-14(15)19/h3-10H,20H2,1-2H3,(H,21,22,23). The number of hydrogen-bond donors (Lipinski definition) is 2. The monoisotopic (exact) mass is 340 g/mol. The van der Waals surface area contributed by atoms with Gasteiger partial charge in [0.05, 0.1) is 10.7 Å². The molecule has 0 saturated heterocycles. The van der Waals surface area contributed by atoms with Crippen molar-refractivity contribution in [2.24, 2.45) is 0 Å². The second kappa shape index (κ2) is 6.76. The van der Waals surface area contributed by atoms with Gasteiger partial charge in [-0.1, -0.05) is 29.8 Å². The lowest BCUT2D eigenvalue weighted by Gasteiger charge is -2.13. The molecule has 0 unspecified atom stereocenters. The molecule has 0 aliphatic carbocycles.